The van der Waals surface area contributed by atoms with Gasteiger partial charge in [0, 0.05) is 12.7 Å². The molecule has 0 fully saturated rings. The van der Waals surface area contributed by atoms with E-state index in [9.17, 15) is 18.0 Å². The average Bonchev–Trinajstić information content (AvgIpc) is 2.24. The van der Waals surface area contributed by atoms with E-state index in [1.54, 1.807) is 13.8 Å². The quantitative estimate of drug-likeness (QED) is 0.756. The lowest BCUT2D eigenvalue weighted by Crippen LogP contribution is -2.39. The molecule has 0 saturated carbocycles. The van der Waals surface area contributed by atoms with E-state index in [4.69, 9.17) is 0 Å². The molecular formula is C13H16F3NO. The number of carbonyl (C=O) groups is 1. The van der Waals surface area contributed by atoms with Crippen molar-refractivity contribution in [2.45, 2.75) is 33.9 Å². The molecule has 2 nitrogen and oxygen atoms in total. The third-order valence-electron chi connectivity index (χ3n) is 3.21. The van der Waals surface area contributed by atoms with Crippen LogP contribution in [0.15, 0.2) is 6.07 Å². The first-order valence-electron chi connectivity index (χ1n) is 5.49. The van der Waals surface area contributed by atoms with Crippen molar-refractivity contribution < 1.29 is 18.0 Å². The van der Waals surface area contributed by atoms with E-state index in [0.29, 0.717) is 21.7 Å². The van der Waals surface area contributed by atoms with Crippen molar-refractivity contribution in [1.82, 2.24) is 0 Å². The number of nitrogens with zero attached hydrogens (tertiary/aromatic N) is 1. The highest BCUT2D eigenvalue weighted by atomic mass is 19.4. The predicted molar refractivity (Wildman–Crippen MR) is 64.9 cm³/mol. The molecule has 1 aromatic rings. The molecule has 0 unspecified atom stereocenters. The van der Waals surface area contributed by atoms with Gasteiger partial charge in [0.25, 0.3) is 0 Å². The van der Waals surface area contributed by atoms with Gasteiger partial charge in [-0.25, -0.2) is 0 Å². The van der Waals surface area contributed by atoms with Crippen LogP contribution in [0.1, 0.15) is 22.3 Å². The molecule has 0 aliphatic rings. The molecule has 0 spiro atoms. The second kappa shape index (κ2) is 4.63. The Hall–Kier alpha value is -1.52. The van der Waals surface area contributed by atoms with Gasteiger partial charge in [-0.3, -0.25) is 4.79 Å². The Kier molecular flexibility index (Phi) is 3.74. The van der Waals surface area contributed by atoms with Crippen LogP contribution in [0, 0.1) is 27.7 Å². The van der Waals surface area contributed by atoms with Gasteiger partial charge in [0.15, 0.2) is 0 Å². The van der Waals surface area contributed by atoms with Crippen LogP contribution in [0.3, 0.4) is 0 Å². The van der Waals surface area contributed by atoms with Crippen molar-refractivity contribution >= 4 is 11.6 Å². The number of amides is 1. The lowest BCUT2D eigenvalue weighted by atomic mass is 9.98. The maximum atomic E-state index is 12.5. The van der Waals surface area contributed by atoms with E-state index < -0.39 is 12.1 Å². The fourth-order valence-corrected chi connectivity index (χ4v) is 1.99. The molecule has 0 bridgehead atoms. The first-order valence-corrected chi connectivity index (χ1v) is 5.49. The van der Waals surface area contributed by atoms with E-state index in [1.807, 2.05) is 19.9 Å². The maximum Gasteiger partial charge on any atom is 0.471 e. The standard InChI is InChI=1S/C13H16F3NO/c1-7-6-8(2)10(4)11(9(7)3)17(5)12(18)13(14,15)16/h6H,1-5H3. The van der Waals surface area contributed by atoms with Crippen molar-refractivity contribution in [2.75, 3.05) is 11.9 Å². The molecular weight excluding hydrogens is 243 g/mol. The molecule has 0 atom stereocenters. The van der Waals surface area contributed by atoms with E-state index in [-0.39, 0.29) is 0 Å². The molecule has 5 heteroatoms. The Morgan fingerprint density at radius 2 is 1.44 bits per heavy atom. The number of rotatable bonds is 1. The number of hydrogen-bond donors (Lipinski definition) is 0. The summed E-state index contributed by atoms with van der Waals surface area (Å²) in [4.78, 5) is 12.0. The molecule has 0 N–H and O–H groups in total. The zero-order valence-electron chi connectivity index (χ0n) is 11.1. The SMILES string of the molecule is Cc1cc(C)c(C)c(N(C)C(=O)C(F)(F)F)c1C. The number of benzene rings is 1. The van der Waals surface area contributed by atoms with Crippen LogP contribution < -0.4 is 4.90 Å². The Balaban J connectivity index is 3.38. The number of carbonyl (C=O) groups excluding carboxylic acids is 1. The van der Waals surface area contributed by atoms with Crippen molar-refractivity contribution in [3.8, 4) is 0 Å². The summed E-state index contributed by atoms with van der Waals surface area (Å²) in [6.45, 7) is 7.07. The molecule has 0 aliphatic heterocycles. The molecule has 100 valence electrons. The summed E-state index contributed by atoms with van der Waals surface area (Å²) in [6, 6.07) is 1.90. The summed E-state index contributed by atoms with van der Waals surface area (Å²) in [5.74, 6) is -1.85. The summed E-state index contributed by atoms with van der Waals surface area (Å²) in [6.07, 6.45) is -4.86. The lowest BCUT2D eigenvalue weighted by Gasteiger charge is -2.25. The Morgan fingerprint density at radius 1 is 1.06 bits per heavy atom. The van der Waals surface area contributed by atoms with Gasteiger partial charge >= 0.3 is 12.1 Å². The Labute approximate surface area is 104 Å². The molecule has 0 saturated heterocycles. The fourth-order valence-electron chi connectivity index (χ4n) is 1.99. The minimum Gasteiger partial charge on any atom is -0.307 e. The third-order valence-corrected chi connectivity index (χ3v) is 3.21. The lowest BCUT2D eigenvalue weighted by molar-refractivity contribution is -0.170. The van der Waals surface area contributed by atoms with E-state index in [1.165, 1.54) is 0 Å². The van der Waals surface area contributed by atoms with Crippen LogP contribution in [-0.4, -0.2) is 19.1 Å². The Morgan fingerprint density at radius 3 is 1.78 bits per heavy atom. The zero-order chi connectivity index (χ0) is 14.2. The monoisotopic (exact) mass is 259 g/mol. The number of anilines is 1. The first-order chi connectivity index (χ1) is 8.07. The number of aryl methyl sites for hydroxylation is 2. The van der Waals surface area contributed by atoms with Crippen LogP contribution in [0.5, 0.6) is 0 Å². The van der Waals surface area contributed by atoms with Gasteiger partial charge in [-0.1, -0.05) is 6.07 Å². The van der Waals surface area contributed by atoms with E-state index >= 15 is 0 Å². The highest BCUT2D eigenvalue weighted by Crippen LogP contribution is 2.31. The van der Waals surface area contributed by atoms with Crippen LogP contribution in [-0.2, 0) is 4.79 Å². The van der Waals surface area contributed by atoms with Crippen LogP contribution in [0.4, 0.5) is 18.9 Å². The number of hydrogen-bond acceptors (Lipinski definition) is 1. The third kappa shape index (κ3) is 2.49. The smallest absolute Gasteiger partial charge is 0.307 e. The molecule has 0 heterocycles. The average molecular weight is 259 g/mol. The molecule has 1 amide bonds. The molecule has 0 radical (unpaired) electrons. The molecule has 1 rings (SSSR count). The van der Waals surface area contributed by atoms with Crippen LogP contribution in [0.2, 0.25) is 0 Å². The molecule has 1 aromatic carbocycles. The topological polar surface area (TPSA) is 20.3 Å². The largest absolute Gasteiger partial charge is 0.471 e. The maximum absolute atomic E-state index is 12.5. The normalized spacial score (nSPS) is 11.6. The summed E-state index contributed by atoms with van der Waals surface area (Å²) < 4.78 is 37.4. The van der Waals surface area contributed by atoms with Crippen molar-refractivity contribution in [2.24, 2.45) is 0 Å². The van der Waals surface area contributed by atoms with Crippen LogP contribution in [0.25, 0.3) is 0 Å². The van der Waals surface area contributed by atoms with Crippen molar-refractivity contribution in [1.29, 1.82) is 0 Å². The molecule has 0 aromatic heterocycles. The summed E-state index contributed by atoms with van der Waals surface area (Å²) in [7, 11) is 1.16. The highest BCUT2D eigenvalue weighted by Gasteiger charge is 2.42. The van der Waals surface area contributed by atoms with Gasteiger partial charge in [-0.15, -0.1) is 0 Å². The number of halogens is 3. The summed E-state index contributed by atoms with van der Waals surface area (Å²) >= 11 is 0. The number of alkyl halides is 3. The van der Waals surface area contributed by atoms with Gasteiger partial charge in [-0.05, 0) is 49.9 Å². The van der Waals surface area contributed by atoms with Gasteiger partial charge in [0.2, 0.25) is 0 Å². The van der Waals surface area contributed by atoms with Crippen LogP contribution >= 0.6 is 0 Å². The Bertz CT molecular complexity index is 466. The predicted octanol–water partition coefficient (Wildman–Crippen LogP) is 3.45. The highest BCUT2D eigenvalue weighted by molar-refractivity contribution is 5.98. The van der Waals surface area contributed by atoms with Crippen molar-refractivity contribution in [3.63, 3.8) is 0 Å². The van der Waals surface area contributed by atoms with Crippen molar-refractivity contribution in [3.05, 3.63) is 28.3 Å². The minimum atomic E-state index is -4.86. The van der Waals surface area contributed by atoms with E-state index in [0.717, 1.165) is 18.2 Å². The van der Waals surface area contributed by atoms with E-state index in [2.05, 4.69) is 0 Å². The van der Waals surface area contributed by atoms with Gasteiger partial charge in [-0.2, -0.15) is 13.2 Å². The molecule has 0 aliphatic carbocycles. The first kappa shape index (κ1) is 14.5. The van der Waals surface area contributed by atoms with Gasteiger partial charge < -0.3 is 4.90 Å². The minimum absolute atomic E-state index is 0.342. The summed E-state index contributed by atoms with van der Waals surface area (Å²) in [5, 5.41) is 0. The summed E-state index contributed by atoms with van der Waals surface area (Å²) in [5.41, 5.74) is 3.47. The van der Waals surface area contributed by atoms with Gasteiger partial charge in [0.1, 0.15) is 0 Å². The second-order valence-electron chi connectivity index (χ2n) is 4.47. The zero-order valence-corrected chi connectivity index (χ0v) is 11.1. The second-order valence-corrected chi connectivity index (χ2v) is 4.47. The fraction of sp³-hybridized carbons (Fsp3) is 0.462. The van der Waals surface area contributed by atoms with Gasteiger partial charge in [0.05, 0.1) is 0 Å². The molecule has 18 heavy (non-hydrogen) atoms.